The van der Waals surface area contributed by atoms with Crippen molar-refractivity contribution in [2.45, 2.75) is 18.9 Å². The van der Waals surface area contributed by atoms with E-state index in [2.05, 4.69) is 11.2 Å². The summed E-state index contributed by atoms with van der Waals surface area (Å²) in [5.74, 6) is 0.225. The summed E-state index contributed by atoms with van der Waals surface area (Å²) >= 11 is 0. The van der Waals surface area contributed by atoms with Crippen LogP contribution in [0, 0.1) is 12.3 Å². The molecule has 0 spiro atoms. The fourth-order valence-corrected chi connectivity index (χ4v) is 2.72. The number of carbonyl (C=O) groups excluding carboxylic acids is 4. The van der Waals surface area contributed by atoms with Crippen LogP contribution in [0.4, 0.5) is 0 Å². The number of hydrogen-bond acceptors (Lipinski definition) is 5. The summed E-state index contributed by atoms with van der Waals surface area (Å²) < 4.78 is 5.31. The molecule has 4 amide bonds. The maximum atomic E-state index is 12.6. The zero-order valence-electron chi connectivity index (χ0n) is 12.0. The molecule has 0 saturated carbocycles. The minimum Gasteiger partial charge on any atom is -0.480 e. The molecule has 0 unspecified atom stereocenters. The smallest absolute Gasteiger partial charge is 0.266 e. The van der Waals surface area contributed by atoms with Crippen molar-refractivity contribution in [2.75, 3.05) is 6.61 Å². The van der Waals surface area contributed by atoms with Crippen LogP contribution in [-0.4, -0.2) is 41.2 Å². The summed E-state index contributed by atoms with van der Waals surface area (Å²) in [6.45, 7) is -0.0453. The standard InChI is InChI=1S/C16H12N2O5/c1-2-8-23-11-5-3-4-9-13(11)16(22)18(15(9)21)10-6-7-12(19)17-14(10)20/h1,3-5,10H,6-8H2,(H,17,19,20)/t10-/m1/s1. The van der Waals surface area contributed by atoms with E-state index in [1.54, 1.807) is 6.07 Å². The Bertz CT molecular complexity index is 777. The first kappa shape index (κ1) is 14.8. The molecule has 1 aromatic carbocycles. The third-order valence-corrected chi connectivity index (χ3v) is 3.74. The van der Waals surface area contributed by atoms with Crippen LogP contribution >= 0.6 is 0 Å². The van der Waals surface area contributed by atoms with E-state index in [1.807, 2.05) is 0 Å². The maximum Gasteiger partial charge on any atom is 0.266 e. The lowest BCUT2D eigenvalue weighted by atomic mass is 10.0. The Balaban J connectivity index is 1.96. The second kappa shape index (κ2) is 5.57. The number of amides is 4. The van der Waals surface area contributed by atoms with Crippen LogP contribution in [0.15, 0.2) is 18.2 Å². The molecule has 0 radical (unpaired) electrons. The number of terminal acetylenes is 1. The summed E-state index contributed by atoms with van der Waals surface area (Å²) in [4.78, 5) is 49.2. The average Bonchev–Trinajstić information content (AvgIpc) is 2.78. The molecule has 1 N–H and O–H groups in total. The lowest BCUT2D eigenvalue weighted by Crippen LogP contribution is -2.54. The summed E-state index contributed by atoms with van der Waals surface area (Å²) in [5, 5.41) is 2.14. The van der Waals surface area contributed by atoms with Crippen LogP contribution in [0.5, 0.6) is 5.75 Å². The van der Waals surface area contributed by atoms with E-state index in [4.69, 9.17) is 11.2 Å². The molecule has 0 aliphatic carbocycles. The van der Waals surface area contributed by atoms with Gasteiger partial charge in [0.2, 0.25) is 11.8 Å². The highest BCUT2D eigenvalue weighted by molar-refractivity contribution is 6.24. The number of piperidine rings is 1. The van der Waals surface area contributed by atoms with Crippen LogP contribution < -0.4 is 10.1 Å². The van der Waals surface area contributed by atoms with Crippen molar-refractivity contribution in [3.05, 3.63) is 29.3 Å². The minimum atomic E-state index is -0.999. The molecular formula is C16H12N2O5. The highest BCUT2D eigenvalue weighted by atomic mass is 16.5. The Labute approximate surface area is 131 Å². The van der Waals surface area contributed by atoms with E-state index < -0.39 is 29.7 Å². The number of rotatable bonds is 3. The SMILES string of the molecule is C#CCOc1cccc2c1C(=O)N([C@@H]1CCC(=O)NC1=O)C2=O. The Morgan fingerprint density at radius 2 is 2.04 bits per heavy atom. The van der Waals surface area contributed by atoms with Gasteiger partial charge >= 0.3 is 0 Å². The predicted octanol–water partition coefficient (Wildman–Crippen LogP) is 0.0998. The van der Waals surface area contributed by atoms with Gasteiger partial charge in [-0.3, -0.25) is 29.4 Å². The van der Waals surface area contributed by atoms with E-state index in [9.17, 15) is 19.2 Å². The molecule has 2 heterocycles. The van der Waals surface area contributed by atoms with Gasteiger partial charge in [-0.1, -0.05) is 12.0 Å². The highest BCUT2D eigenvalue weighted by Crippen LogP contribution is 2.33. The van der Waals surface area contributed by atoms with E-state index in [0.29, 0.717) is 0 Å². The molecule has 0 aromatic heterocycles. The van der Waals surface area contributed by atoms with Crippen molar-refractivity contribution in [1.82, 2.24) is 10.2 Å². The van der Waals surface area contributed by atoms with Crippen LogP contribution in [0.2, 0.25) is 0 Å². The number of fused-ring (bicyclic) bond motifs is 1. The summed E-state index contributed by atoms with van der Waals surface area (Å²) in [7, 11) is 0. The van der Waals surface area contributed by atoms with Crippen molar-refractivity contribution in [3.63, 3.8) is 0 Å². The third-order valence-electron chi connectivity index (χ3n) is 3.74. The predicted molar refractivity (Wildman–Crippen MR) is 77.4 cm³/mol. The summed E-state index contributed by atoms with van der Waals surface area (Å²) in [6, 6.07) is 3.60. The van der Waals surface area contributed by atoms with Crippen molar-refractivity contribution < 1.29 is 23.9 Å². The van der Waals surface area contributed by atoms with Crippen molar-refractivity contribution in [3.8, 4) is 18.1 Å². The Kier molecular flexibility index (Phi) is 3.58. The molecule has 1 fully saturated rings. The molecule has 2 aliphatic rings. The topological polar surface area (TPSA) is 92.8 Å². The van der Waals surface area contributed by atoms with Gasteiger partial charge in [-0.15, -0.1) is 6.42 Å². The number of hydrogen-bond donors (Lipinski definition) is 1. The number of nitrogens with zero attached hydrogens (tertiary/aromatic N) is 1. The van der Waals surface area contributed by atoms with Crippen molar-refractivity contribution >= 4 is 23.6 Å². The van der Waals surface area contributed by atoms with Crippen molar-refractivity contribution in [2.24, 2.45) is 0 Å². The fourth-order valence-electron chi connectivity index (χ4n) is 2.72. The van der Waals surface area contributed by atoms with Crippen LogP contribution in [0.1, 0.15) is 33.6 Å². The molecule has 0 bridgehead atoms. The van der Waals surface area contributed by atoms with Gasteiger partial charge in [0, 0.05) is 6.42 Å². The zero-order valence-corrected chi connectivity index (χ0v) is 12.0. The molecule has 116 valence electrons. The Morgan fingerprint density at radius 3 is 2.74 bits per heavy atom. The molecule has 23 heavy (non-hydrogen) atoms. The van der Waals surface area contributed by atoms with Gasteiger partial charge in [-0.25, -0.2) is 0 Å². The number of ether oxygens (including phenoxy) is 1. The minimum absolute atomic E-state index is 0.0453. The second-order valence-corrected chi connectivity index (χ2v) is 5.12. The molecule has 1 aromatic rings. The second-order valence-electron chi connectivity index (χ2n) is 5.12. The molecule has 3 rings (SSSR count). The lowest BCUT2D eigenvalue weighted by Gasteiger charge is -2.27. The molecular weight excluding hydrogens is 300 g/mol. The van der Waals surface area contributed by atoms with E-state index >= 15 is 0 Å². The normalized spacial score (nSPS) is 20.1. The maximum absolute atomic E-state index is 12.6. The number of nitrogens with one attached hydrogen (secondary N) is 1. The van der Waals surface area contributed by atoms with Gasteiger partial charge in [0.15, 0.2) is 0 Å². The molecule has 7 nitrogen and oxygen atoms in total. The number of benzene rings is 1. The van der Waals surface area contributed by atoms with Crippen LogP contribution in [-0.2, 0) is 9.59 Å². The lowest BCUT2D eigenvalue weighted by molar-refractivity contribution is -0.136. The Hall–Kier alpha value is -3.14. The van der Waals surface area contributed by atoms with E-state index in [1.165, 1.54) is 12.1 Å². The number of carbonyl (C=O) groups is 4. The zero-order chi connectivity index (χ0) is 16.6. The summed E-state index contributed by atoms with van der Waals surface area (Å²) in [5.41, 5.74) is 0.256. The number of imide groups is 2. The van der Waals surface area contributed by atoms with Crippen LogP contribution in [0.25, 0.3) is 0 Å². The first-order valence-corrected chi connectivity index (χ1v) is 6.95. The van der Waals surface area contributed by atoms with Gasteiger partial charge in [-0.2, -0.15) is 0 Å². The first-order valence-electron chi connectivity index (χ1n) is 6.95. The van der Waals surface area contributed by atoms with Gasteiger partial charge in [0.05, 0.1) is 11.1 Å². The van der Waals surface area contributed by atoms with Gasteiger partial charge in [-0.05, 0) is 18.6 Å². The monoisotopic (exact) mass is 312 g/mol. The average molecular weight is 312 g/mol. The van der Waals surface area contributed by atoms with Crippen LogP contribution in [0.3, 0.4) is 0 Å². The quantitative estimate of drug-likeness (QED) is 0.631. The van der Waals surface area contributed by atoms with E-state index in [-0.39, 0.29) is 36.3 Å². The molecule has 1 saturated heterocycles. The molecule has 7 heteroatoms. The highest BCUT2D eigenvalue weighted by Gasteiger charge is 2.45. The van der Waals surface area contributed by atoms with Crippen molar-refractivity contribution in [1.29, 1.82) is 0 Å². The largest absolute Gasteiger partial charge is 0.480 e. The molecule has 2 aliphatic heterocycles. The van der Waals surface area contributed by atoms with E-state index in [0.717, 1.165) is 4.90 Å². The van der Waals surface area contributed by atoms with Gasteiger partial charge < -0.3 is 4.74 Å². The third kappa shape index (κ3) is 2.34. The Morgan fingerprint density at radius 1 is 1.26 bits per heavy atom. The van der Waals surface area contributed by atoms with Gasteiger partial charge in [0.1, 0.15) is 18.4 Å². The van der Waals surface area contributed by atoms with Gasteiger partial charge in [0.25, 0.3) is 11.8 Å². The fraction of sp³-hybridized carbons (Fsp3) is 0.250. The summed E-state index contributed by atoms with van der Waals surface area (Å²) in [6.07, 6.45) is 5.32. The first-order chi connectivity index (χ1) is 11.0. The molecule has 1 atom stereocenters.